The van der Waals surface area contributed by atoms with Gasteiger partial charge in [0.25, 0.3) is 0 Å². The highest BCUT2D eigenvalue weighted by Gasteiger charge is 2.51. The van der Waals surface area contributed by atoms with E-state index in [1.165, 1.54) is 18.3 Å². The van der Waals surface area contributed by atoms with E-state index in [0.717, 1.165) is 33.0 Å². The van der Waals surface area contributed by atoms with E-state index in [2.05, 4.69) is 11.1 Å². The number of pyridine rings is 1. The molecule has 2 nitrogen and oxygen atoms in total. The molecule has 7 heteroatoms. The van der Waals surface area contributed by atoms with Crippen LogP contribution in [0.15, 0.2) is 66.9 Å². The third-order valence-electron chi connectivity index (χ3n) is 5.07. The van der Waals surface area contributed by atoms with Gasteiger partial charge in [0.05, 0.1) is 5.69 Å². The van der Waals surface area contributed by atoms with Crippen LogP contribution >= 0.6 is 22.9 Å². The Bertz CT molecular complexity index is 1220. The van der Waals surface area contributed by atoms with Crippen molar-refractivity contribution in [1.82, 2.24) is 4.98 Å². The van der Waals surface area contributed by atoms with Gasteiger partial charge in [0.15, 0.2) is 5.60 Å². The van der Waals surface area contributed by atoms with E-state index in [9.17, 15) is 18.3 Å². The third-order valence-corrected chi connectivity index (χ3v) is 6.62. The lowest BCUT2D eigenvalue weighted by Gasteiger charge is -2.26. The van der Waals surface area contributed by atoms with Crippen LogP contribution in [0, 0.1) is 0 Å². The lowest BCUT2D eigenvalue weighted by atomic mass is 9.94. The van der Waals surface area contributed by atoms with Gasteiger partial charge >= 0.3 is 6.18 Å². The first-order chi connectivity index (χ1) is 14.2. The molecule has 0 aliphatic carbocycles. The third kappa shape index (κ3) is 3.83. The van der Waals surface area contributed by atoms with Crippen LogP contribution in [-0.4, -0.2) is 16.3 Å². The fourth-order valence-electron chi connectivity index (χ4n) is 3.28. The quantitative estimate of drug-likeness (QED) is 0.366. The Morgan fingerprint density at radius 1 is 1.03 bits per heavy atom. The molecule has 4 aromatic rings. The largest absolute Gasteiger partial charge is 0.421 e. The van der Waals surface area contributed by atoms with Crippen molar-refractivity contribution in [2.45, 2.75) is 25.1 Å². The first-order valence-corrected chi connectivity index (χ1v) is 10.4. The van der Waals surface area contributed by atoms with Gasteiger partial charge in [-0.3, -0.25) is 4.98 Å². The van der Waals surface area contributed by atoms with E-state index in [-0.39, 0.29) is 5.56 Å². The topological polar surface area (TPSA) is 33.1 Å². The van der Waals surface area contributed by atoms with Gasteiger partial charge in [0.2, 0.25) is 0 Å². The Hall–Kier alpha value is -2.41. The fourth-order valence-corrected chi connectivity index (χ4v) is 4.68. The van der Waals surface area contributed by atoms with E-state index in [4.69, 9.17) is 11.6 Å². The van der Waals surface area contributed by atoms with Crippen LogP contribution in [-0.2, 0) is 12.0 Å². The predicted molar refractivity (Wildman–Crippen MR) is 115 cm³/mol. The Labute approximate surface area is 180 Å². The second-order valence-corrected chi connectivity index (χ2v) is 8.75. The predicted octanol–water partition coefficient (Wildman–Crippen LogP) is 6.98. The second-order valence-electron chi connectivity index (χ2n) is 7.20. The van der Waals surface area contributed by atoms with Crippen LogP contribution in [0.4, 0.5) is 13.2 Å². The second kappa shape index (κ2) is 7.69. The van der Waals surface area contributed by atoms with E-state index < -0.39 is 11.8 Å². The Kier molecular flexibility index (Phi) is 5.34. The summed E-state index contributed by atoms with van der Waals surface area (Å²) in [5.41, 5.74) is -1.08. The highest BCUT2D eigenvalue weighted by molar-refractivity contribution is 7.19. The SMILES string of the molecule is CC(O)(c1ccnc(-c2cccc3cc(Cc4ccccc4Cl)sc23)c1)C(F)(F)F. The zero-order chi connectivity index (χ0) is 21.5. The van der Waals surface area contributed by atoms with Crippen molar-refractivity contribution in [3.05, 3.63) is 87.9 Å². The van der Waals surface area contributed by atoms with Crippen LogP contribution < -0.4 is 0 Å². The van der Waals surface area contributed by atoms with Crippen LogP contribution in [0.3, 0.4) is 0 Å². The number of hydrogen-bond donors (Lipinski definition) is 1. The molecule has 0 saturated heterocycles. The number of halogens is 4. The zero-order valence-electron chi connectivity index (χ0n) is 15.9. The van der Waals surface area contributed by atoms with E-state index >= 15 is 0 Å². The molecule has 0 aliphatic heterocycles. The molecule has 0 aliphatic rings. The van der Waals surface area contributed by atoms with Crippen LogP contribution in [0.2, 0.25) is 5.02 Å². The Morgan fingerprint density at radius 3 is 2.53 bits per heavy atom. The standard InChI is InChI=1S/C23H17ClF3NOS/c1-22(29,23(25,26)27)16-9-10-28-20(13-16)18-7-4-6-15-12-17(30-21(15)18)11-14-5-2-3-8-19(14)24/h2-10,12-13,29H,11H2,1H3. The number of thiophene rings is 1. The first-order valence-electron chi connectivity index (χ1n) is 9.17. The average Bonchev–Trinajstić information content (AvgIpc) is 3.11. The normalized spacial score (nSPS) is 14.1. The summed E-state index contributed by atoms with van der Waals surface area (Å²) < 4.78 is 40.7. The molecule has 0 radical (unpaired) electrons. The molecule has 1 unspecified atom stereocenters. The van der Waals surface area contributed by atoms with Gasteiger partial charge in [-0.25, -0.2) is 0 Å². The van der Waals surface area contributed by atoms with Gasteiger partial charge in [0, 0.05) is 32.8 Å². The van der Waals surface area contributed by atoms with Crippen molar-refractivity contribution in [3.63, 3.8) is 0 Å². The smallest absolute Gasteiger partial charge is 0.376 e. The number of alkyl halides is 3. The Balaban J connectivity index is 1.76. The van der Waals surface area contributed by atoms with Gasteiger partial charge in [-0.2, -0.15) is 13.2 Å². The van der Waals surface area contributed by atoms with Crippen molar-refractivity contribution < 1.29 is 18.3 Å². The van der Waals surface area contributed by atoms with E-state index in [1.807, 2.05) is 42.5 Å². The summed E-state index contributed by atoms with van der Waals surface area (Å²) in [4.78, 5) is 5.36. The molecule has 154 valence electrons. The van der Waals surface area contributed by atoms with Crippen molar-refractivity contribution in [3.8, 4) is 11.3 Å². The molecule has 2 heterocycles. The molecule has 0 spiro atoms. The minimum Gasteiger partial charge on any atom is -0.376 e. The fraction of sp³-hybridized carbons (Fsp3) is 0.174. The molecule has 4 rings (SSSR count). The molecule has 0 fully saturated rings. The summed E-state index contributed by atoms with van der Waals surface area (Å²) in [5.74, 6) is 0. The van der Waals surface area contributed by atoms with Crippen LogP contribution in [0.5, 0.6) is 0 Å². The van der Waals surface area contributed by atoms with E-state index in [1.54, 1.807) is 11.3 Å². The number of benzene rings is 2. The lowest BCUT2D eigenvalue weighted by molar-refractivity contribution is -0.258. The molecule has 1 N–H and O–H groups in total. The zero-order valence-corrected chi connectivity index (χ0v) is 17.4. The van der Waals surface area contributed by atoms with Crippen LogP contribution in [0.25, 0.3) is 21.3 Å². The molecular formula is C23H17ClF3NOS. The molecule has 2 aromatic heterocycles. The summed E-state index contributed by atoms with van der Waals surface area (Å²) in [5, 5.41) is 11.7. The van der Waals surface area contributed by atoms with E-state index in [0.29, 0.717) is 17.1 Å². The van der Waals surface area contributed by atoms with Crippen LogP contribution in [0.1, 0.15) is 22.9 Å². The summed E-state index contributed by atoms with van der Waals surface area (Å²) in [6, 6.07) is 17.8. The van der Waals surface area contributed by atoms with Crippen molar-refractivity contribution in [1.29, 1.82) is 0 Å². The number of nitrogens with zero attached hydrogens (tertiary/aromatic N) is 1. The number of aliphatic hydroxyl groups is 1. The summed E-state index contributed by atoms with van der Waals surface area (Å²) >= 11 is 7.83. The minimum atomic E-state index is -4.79. The molecule has 0 bridgehead atoms. The first kappa shape index (κ1) is 20.8. The summed E-state index contributed by atoms with van der Waals surface area (Å²) in [6.45, 7) is 0.750. The molecule has 2 aromatic carbocycles. The van der Waals surface area contributed by atoms with Gasteiger partial charge in [-0.1, -0.05) is 48.0 Å². The van der Waals surface area contributed by atoms with Gasteiger partial charge in [-0.15, -0.1) is 11.3 Å². The van der Waals surface area contributed by atoms with Gasteiger partial charge < -0.3 is 5.11 Å². The van der Waals surface area contributed by atoms with Crippen molar-refractivity contribution >= 4 is 33.0 Å². The summed E-state index contributed by atoms with van der Waals surface area (Å²) in [7, 11) is 0. The molecule has 30 heavy (non-hydrogen) atoms. The maximum absolute atomic E-state index is 13.3. The lowest BCUT2D eigenvalue weighted by Crippen LogP contribution is -2.39. The van der Waals surface area contributed by atoms with Gasteiger partial charge in [0.1, 0.15) is 0 Å². The molecule has 0 saturated carbocycles. The highest BCUT2D eigenvalue weighted by atomic mass is 35.5. The van der Waals surface area contributed by atoms with Crippen molar-refractivity contribution in [2.75, 3.05) is 0 Å². The number of rotatable bonds is 4. The minimum absolute atomic E-state index is 0.246. The summed E-state index contributed by atoms with van der Waals surface area (Å²) in [6.07, 6.45) is -2.83. The maximum atomic E-state index is 13.3. The molecule has 1 atom stereocenters. The molecule has 0 amide bonds. The van der Waals surface area contributed by atoms with Gasteiger partial charge in [-0.05, 0) is 47.7 Å². The molecular weight excluding hydrogens is 431 g/mol. The van der Waals surface area contributed by atoms with Crippen molar-refractivity contribution in [2.24, 2.45) is 0 Å². The monoisotopic (exact) mass is 447 g/mol. The maximum Gasteiger partial charge on any atom is 0.421 e. The average molecular weight is 448 g/mol. The number of hydrogen-bond acceptors (Lipinski definition) is 3. The number of fused-ring (bicyclic) bond motifs is 1. The Morgan fingerprint density at radius 2 is 1.80 bits per heavy atom. The number of aromatic nitrogens is 1. The highest BCUT2D eigenvalue weighted by Crippen LogP contribution is 2.41.